The fraction of sp³-hybridized carbons (Fsp3) is 1.00. The first-order valence-corrected chi connectivity index (χ1v) is 24.8. The Bertz CT molecular complexity index is 565. The number of hydrogen-bond acceptors (Lipinski definition) is 6. The number of rotatable bonds is 45. The largest absolute Gasteiger partial charge is 0.303 e. The van der Waals surface area contributed by atoms with Crippen LogP contribution in [-0.4, -0.2) is 147 Å². The molecule has 0 aliphatic heterocycles. The Morgan fingerprint density at radius 1 is 0.148 bits per heavy atom. The second-order valence-electron chi connectivity index (χ2n) is 17.0. The highest BCUT2D eigenvalue weighted by Gasteiger charge is 2.13. The van der Waals surface area contributed by atoms with Gasteiger partial charge in [-0.25, -0.2) is 0 Å². The maximum atomic E-state index is 2.87. The van der Waals surface area contributed by atoms with E-state index in [9.17, 15) is 0 Å². The predicted molar refractivity (Wildman–Crippen MR) is 246 cm³/mol. The van der Waals surface area contributed by atoms with Gasteiger partial charge in [-0.2, -0.15) is 0 Å². The van der Waals surface area contributed by atoms with Crippen LogP contribution in [0.1, 0.15) is 197 Å². The maximum Gasteiger partial charge on any atom is -0.000654 e. The van der Waals surface area contributed by atoms with Gasteiger partial charge in [0, 0.05) is 0 Å². The highest BCUT2D eigenvalue weighted by atomic mass is 15.2. The molecule has 326 valence electrons. The molecule has 0 rings (SSSR count). The van der Waals surface area contributed by atoms with E-state index in [1.165, 1.54) is 259 Å². The monoisotopic (exact) mass is 765 g/mol. The fourth-order valence-corrected chi connectivity index (χ4v) is 7.81. The second kappa shape index (κ2) is 42.4. The third kappa shape index (κ3) is 33.9. The summed E-state index contributed by atoms with van der Waals surface area (Å²) in [5.41, 5.74) is 0. The van der Waals surface area contributed by atoms with Crippen LogP contribution in [0.5, 0.6) is 0 Å². The van der Waals surface area contributed by atoms with E-state index in [0.717, 1.165) is 0 Å². The first-order valence-electron chi connectivity index (χ1n) is 24.8. The molecule has 0 N–H and O–H groups in total. The molecule has 0 amide bonds. The number of unbranched alkanes of at least 4 members (excludes halogenated alkanes) is 9. The Kier molecular flexibility index (Phi) is 42.2. The SMILES string of the molecule is CCCCN(CCCC)CCCN(CCCCN(CCCN(CCCC)CCCC)CCCN(CCCC)CCCC)CCCN(CCCC)CCCC. The van der Waals surface area contributed by atoms with Crippen LogP contribution in [0.3, 0.4) is 0 Å². The molecule has 0 spiro atoms. The van der Waals surface area contributed by atoms with Gasteiger partial charge in [-0.15, -0.1) is 0 Å². The van der Waals surface area contributed by atoms with Crippen molar-refractivity contribution in [3.63, 3.8) is 0 Å². The molecular formula is C48H104N6. The van der Waals surface area contributed by atoms with Gasteiger partial charge >= 0.3 is 0 Å². The smallest absolute Gasteiger partial charge is 0.000654 e. The fourth-order valence-electron chi connectivity index (χ4n) is 7.81. The van der Waals surface area contributed by atoms with Crippen LogP contribution in [0.2, 0.25) is 0 Å². The van der Waals surface area contributed by atoms with E-state index in [1.54, 1.807) is 0 Å². The Balaban J connectivity index is 5.42. The highest BCUT2D eigenvalue weighted by molar-refractivity contribution is 4.69. The molecule has 6 heteroatoms. The van der Waals surface area contributed by atoms with Crippen LogP contribution < -0.4 is 0 Å². The van der Waals surface area contributed by atoms with E-state index in [4.69, 9.17) is 0 Å². The van der Waals surface area contributed by atoms with Crippen LogP contribution >= 0.6 is 0 Å². The van der Waals surface area contributed by atoms with Gasteiger partial charge in [-0.1, -0.05) is 107 Å². The van der Waals surface area contributed by atoms with Crippen molar-refractivity contribution in [2.24, 2.45) is 0 Å². The van der Waals surface area contributed by atoms with Gasteiger partial charge < -0.3 is 29.4 Å². The predicted octanol–water partition coefficient (Wildman–Crippen LogP) is 11.5. The summed E-state index contributed by atoms with van der Waals surface area (Å²) in [6.07, 6.45) is 29.3. The molecule has 0 aromatic carbocycles. The van der Waals surface area contributed by atoms with Crippen molar-refractivity contribution in [1.82, 2.24) is 29.4 Å². The molecule has 0 aliphatic carbocycles. The van der Waals surface area contributed by atoms with Gasteiger partial charge in [-0.3, -0.25) is 0 Å². The van der Waals surface area contributed by atoms with E-state index in [0.29, 0.717) is 0 Å². The Morgan fingerprint density at radius 2 is 0.259 bits per heavy atom. The molecule has 0 aliphatic rings. The first kappa shape index (κ1) is 53.8. The molecule has 6 nitrogen and oxygen atoms in total. The van der Waals surface area contributed by atoms with E-state index in [1.807, 2.05) is 0 Å². The second-order valence-corrected chi connectivity index (χ2v) is 17.0. The summed E-state index contributed by atoms with van der Waals surface area (Å²) in [5, 5.41) is 0. The zero-order valence-electron chi connectivity index (χ0n) is 39.0. The summed E-state index contributed by atoms with van der Waals surface area (Å²) in [7, 11) is 0. The minimum Gasteiger partial charge on any atom is -0.303 e. The molecule has 0 aromatic heterocycles. The molecule has 0 saturated heterocycles. The zero-order chi connectivity index (χ0) is 39.7. The molecule has 0 unspecified atom stereocenters. The zero-order valence-corrected chi connectivity index (χ0v) is 39.0. The number of nitrogens with zero attached hydrogens (tertiary/aromatic N) is 6. The lowest BCUT2D eigenvalue weighted by Crippen LogP contribution is -2.36. The van der Waals surface area contributed by atoms with Crippen molar-refractivity contribution >= 4 is 0 Å². The number of hydrogen-bond donors (Lipinski definition) is 0. The Hall–Kier alpha value is -0.240. The third-order valence-electron chi connectivity index (χ3n) is 11.6. The molecule has 0 heterocycles. The molecule has 0 radical (unpaired) electrons. The summed E-state index contributed by atoms with van der Waals surface area (Å²) in [6.45, 7) is 41.9. The van der Waals surface area contributed by atoms with Crippen molar-refractivity contribution in [3.8, 4) is 0 Å². The van der Waals surface area contributed by atoms with Crippen molar-refractivity contribution in [3.05, 3.63) is 0 Å². The average Bonchev–Trinajstić information content (AvgIpc) is 3.18. The van der Waals surface area contributed by atoms with Crippen molar-refractivity contribution in [2.75, 3.05) is 118 Å². The van der Waals surface area contributed by atoms with Gasteiger partial charge in [-0.05, 0) is 208 Å². The standard InChI is InChI=1S/C48H104N6/c1-9-17-31-49(32-18-10-2)41-27-45-53(46-28-42-50(33-19-11-3)34-20-12-4)39-25-26-40-54(47-29-43-51(35-21-13-5)36-22-14-6)48-30-44-52(37-23-15-7)38-24-16-8/h9-48H2,1-8H3. The highest BCUT2D eigenvalue weighted by Crippen LogP contribution is 2.09. The van der Waals surface area contributed by atoms with Crippen LogP contribution in [0, 0.1) is 0 Å². The molecule has 54 heavy (non-hydrogen) atoms. The van der Waals surface area contributed by atoms with Crippen molar-refractivity contribution in [2.45, 2.75) is 197 Å². The lowest BCUT2D eigenvalue weighted by atomic mass is 10.2. The molecule has 0 atom stereocenters. The lowest BCUT2D eigenvalue weighted by molar-refractivity contribution is 0.189. The van der Waals surface area contributed by atoms with Gasteiger partial charge in [0.2, 0.25) is 0 Å². The van der Waals surface area contributed by atoms with E-state index < -0.39 is 0 Å². The molecule has 0 fully saturated rings. The maximum absolute atomic E-state index is 2.87. The van der Waals surface area contributed by atoms with Crippen LogP contribution in [0.25, 0.3) is 0 Å². The summed E-state index contributed by atoms with van der Waals surface area (Å²) in [4.78, 5) is 16.8. The van der Waals surface area contributed by atoms with Gasteiger partial charge in [0.25, 0.3) is 0 Å². The van der Waals surface area contributed by atoms with Crippen LogP contribution in [0.4, 0.5) is 0 Å². The lowest BCUT2D eigenvalue weighted by Gasteiger charge is -2.29. The molecule has 0 saturated carbocycles. The Labute approximate surface area is 342 Å². The normalized spacial score (nSPS) is 12.3. The topological polar surface area (TPSA) is 19.4 Å². The Morgan fingerprint density at radius 3 is 0.389 bits per heavy atom. The van der Waals surface area contributed by atoms with E-state index >= 15 is 0 Å². The quantitative estimate of drug-likeness (QED) is 0.0571. The van der Waals surface area contributed by atoms with E-state index in [-0.39, 0.29) is 0 Å². The van der Waals surface area contributed by atoms with Gasteiger partial charge in [0.15, 0.2) is 0 Å². The van der Waals surface area contributed by atoms with Crippen molar-refractivity contribution in [1.29, 1.82) is 0 Å². The third-order valence-corrected chi connectivity index (χ3v) is 11.6. The summed E-state index contributed by atoms with van der Waals surface area (Å²) in [6, 6.07) is 0. The van der Waals surface area contributed by atoms with E-state index in [2.05, 4.69) is 84.8 Å². The average molecular weight is 765 g/mol. The van der Waals surface area contributed by atoms with Crippen molar-refractivity contribution < 1.29 is 0 Å². The minimum absolute atomic E-state index is 1.28. The molecular weight excluding hydrogens is 661 g/mol. The van der Waals surface area contributed by atoms with Gasteiger partial charge in [0.1, 0.15) is 0 Å². The molecule has 0 aromatic rings. The molecule has 0 bridgehead atoms. The first-order chi connectivity index (χ1) is 26.5. The van der Waals surface area contributed by atoms with Crippen LogP contribution in [-0.2, 0) is 0 Å². The summed E-state index contributed by atoms with van der Waals surface area (Å²) in [5.74, 6) is 0. The van der Waals surface area contributed by atoms with Gasteiger partial charge in [0.05, 0.1) is 0 Å². The van der Waals surface area contributed by atoms with Crippen LogP contribution in [0.15, 0.2) is 0 Å². The summed E-state index contributed by atoms with van der Waals surface area (Å²) < 4.78 is 0. The summed E-state index contributed by atoms with van der Waals surface area (Å²) >= 11 is 0. The minimum atomic E-state index is 1.28.